The zero-order valence-electron chi connectivity index (χ0n) is 19.0. The fourth-order valence-electron chi connectivity index (χ4n) is 5.73. The highest BCUT2D eigenvalue weighted by atomic mass is 16.3. The van der Waals surface area contributed by atoms with Crippen LogP contribution in [0, 0.1) is 12.8 Å². The number of hydrogen-bond acceptors (Lipinski definition) is 4. The lowest BCUT2D eigenvalue weighted by Gasteiger charge is -2.41. The van der Waals surface area contributed by atoms with Gasteiger partial charge in [-0.1, -0.05) is 38.2 Å². The molecule has 164 valence electrons. The van der Waals surface area contributed by atoms with E-state index in [0.29, 0.717) is 24.4 Å². The van der Waals surface area contributed by atoms with Crippen LogP contribution in [0.3, 0.4) is 0 Å². The van der Waals surface area contributed by atoms with Gasteiger partial charge in [0.1, 0.15) is 11.4 Å². The van der Waals surface area contributed by atoms with Crippen molar-refractivity contribution in [2.75, 3.05) is 11.9 Å². The number of β-amino-alcohol motifs (C(OH)–C–C–N with tert-alkyl or cyclic N) is 1. The lowest BCUT2D eigenvalue weighted by Crippen LogP contribution is -2.48. The summed E-state index contributed by atoms with van der Waals surface area (Å²) in [5.41, 5.74) is 0.972. The van der Waals surface area contributed by atoms with Gasteiger partial charge in [0.2, 0.25) is 0 Å². The minimum Gasteiger partial charge on any atom is -0.391 e. The molecule has 3 heterocycles. The Labute approximate surface area is 180 Å². The Morgan fingerprint density at radius 2 is 2.00 bits per heavy atom. The van der Waals surface area contributed by atoms with Gasteiger partial charge in [0.05, 0.1) is 17.3 Å². The number of allylic oxidation sites excluding steroid dienone is 3. The summed E-state index contributed by atoms with van der Waals surface area (Å²) in [6, 6.07) is 0.252. The van der Waals surface area contributed by atoms with Crippen molar-refractivity contribution in [1.29, 1.82) is 0 Å². The lowest BCUT2D eigenvalue weighted by molar-refractivity contribution is 0.0569. The number of fused-ring (bicyclic) bond motifs is 1. The number of likely N-dealkylation sites (tertiary alicyclic amines) is 1. The third-order valence-corrected chi connectivity index (χ3v) is 7.56. The number of nitrogens with one attached hydrogen (secondary N) is 1. The summed E-state index contributed by atoms with van der Waals surface area (Å²) in [6.45, 7) is 11.0. The highest BCUT2D eigenvalue weighted by Crippen LogP contribution is 2.42. The summed E-state index contributed by atoms with van der Waals surface area (Å²) in [4.78, 5) is 15.8. The molecule has 0 radical (unpaired) electrons. The second-order valence-electron chi connectivity index (χ2n) is 9.91. The Morgan fingerprint density at radius 3 is 2.63 bits per heavy atom. The third-order valence-electron chi connectivity index (χ3n) is 7.56. The number of aryl methyl sites for hydroxylation is 1. The van der Waals surface area contributed by atoms with Crippen LogP contribution in [0.2, 0.25) is 0 Å². The van der Waals surface area contributed by atoms with Crippen LogP contribution in [0.1, 0.15) is 75.9 Å². The largest absolute Gasteiger partial charge is 0.391 e. The molecule has 2 N–H and O–H groups in total. The summed E-state index contributed by atoms with van der Waals surface area (Å²) in [5.74, 6) is 1.24. The van der Waals surface area contributed by atoms with Crippen molar-refractivity contribution < 1.29 is 9.90 Å². The van der Waals surface area contributed by atoms with Crippen LogP contribution >= 0.6 is 0 Å². The summed E-state index contributed by atoms with van der Waals surface area (Å²) < 4.78 is 2.01. The molecule has 1 amide bonds. The molecule has 0 saturated carbocycles. The molecule has 1 aromatic rings. The molecule has 0 spiro atoms. The molecule has 6 nitrogen and oxygen atoms in total. The Balaban J connectivity index is 1.73. The number of hydrogen-bond donors (Lipinski definition) is 2. The van der Waals surface area contributed by atoms with Crippen molar-refractivity contribution in [1.82, 2.24) is 14.7 Å². The maximum atomic E-state index is 13.9. The number of aromatic nitrogens is 2. The van der Waals surface area contributed by atoms with Gasteiger partial charge in [0.15, 0.2) is 0 Å². The number of rotatable bonds is 4. The zero-order chi connectivity index (χ0) is 21.7. The number of nitrogens with zero attached hydrogens (tertiary/aromatic N) is 3. The molecule has 6 heteroatoms. The minimum atomic E-state index is -0.461. The predicted octanol–water partition coefficient (Wildman–Crippen LogP) is 4.01. The van der Waals surface area contributed by atoms with E-state index in [4.69, 9.17) is 5.10 Å². The van der Waals surface area contributed by atoms with E-state index in [9.17, 15) is 9.90 Å². The molecule has 1 unspecified atom stereocenters. The number of aliphatic hydroxyl groups is 1. The molecular weight excluding hydrogens is 376 g/mol. The summed E-state index contributed by atoms with van der Waals surface area (Å²) in [7, 11) is 0. The monoisotopic (exact) mass is 412 g/mol. The number of carbonyl (C=O) groups excluding carboxylic acids is 1. The van der Waals surface area contributed by atoms with Gasteiger partial charge in [-0.05, 0) is 52.9 Å². The number of anilines is 1. The maximum absolute atomic E-state index is 13.9. The second kappa shape index (κ2) is 7.56. The average molecular weight is 413 g/mol. The summed E-state index contributed by atoms with van der Waals surface area (Å²) in [5, 5.41) is 18.9. The van der Waals surface area contributed by atoms with Crippen LogP contribution in [0.4, 0.5) is 5.82 Å². The molecule has 1 aliphatic carbocycles. The first kappa shape index (κ1) is 21.2. The molecule has 1 saturated heterocycles. The molecule has 2 aliphatic heterocycles. The van der Waals surface area contributed by atoms with E-state index in [0.717, 1.165) is 37.2 Å². The van der Waals surface area contributed by atoms with E-state index in [2.05, 4.69) is 57.3 Å². The van der Waals surface area contributed by atoms with E-state index in [1.807, 2.05) is 16.5 Å². The lowest BCUT2D eigenvalue weighted by atomic mass is 9.82. The fourth-order valence-corrected chi connectivity index (χ4v) is 5.73. The van der Waals surface area contributed by atoms with Gasteiger partial charge < -0.3 is 15.3 Å². The van der Waals surface area contributed by atoms with Crippen molar-refractivity contribution in [2.45, 2.75) is 89.9 Å². The molecule has 3 atom stereocenters. The van der Waals surface area contributed by atoms with Crippen molar-refractivity contribution in [3.05, 3.63) is 35.6 Å². The first-order valence-electron chi connectivity index (χ1n) is 11.4. The molecule has 0 aromatic carbocycles. The van der Waals surface area contributed by atoms with Gasteiger partial charge in [-0.15, -0.1) is 0 Å². The standard InChI is InChI=1S/C24H36N4O2/c1-6-24(7-2)13-18(29)15-27(24)22(30)20-16(3)26-28-21(20)25-19(14-23(28,4)5)17-11-9-8-10-12-17/h8-11,17-19,25,29H,6-7,12-15H2,1-5H3/t17?,18-,19-/m1/s1. The van der Waals surface area contributed by atoms with Crippen molar-refractivity contribution in [2.24, 2.45) is 5.92 Å². The molecule has 3 aliphatic rings. The molecule has 0 bridgehead atoms. The molecule has 30 heavy (non-hydrogen) atoms. The Bertz CT molecular complexity index is 878. The van der Waals surface area contributed by atoms with Gasteiger partial charge in [-0.3, -0.25) is 4.79 Å². The Hall–Kier alpha value is -2.08. The van der Waals surface area contributed by atoms with Crippen LogP contribution in [0.5, 0.6) is 0 Å². The van der Waals surface area contributed by atoms with Crippen molar-refractivity contribution in [3.8, 4) is 0 Å². The Kier molecular flexibility index (Phi) is 5.33. The van der Waals surface area contributed by atoms with Gasteiger partial charge in [0.25, 0.3) is 5.91 Å². The van der Waals surface area contributed by atoms with E-state index >= 15 is 0 Å². The highest BCUT2D eigenvalue weighted by Gasteiger charge is 2.47. The predicted molar refractivity (Wildman–Crippen MR) is 120 cm³/mol. The van der Waals surface area contributed by atoms with Crippen molar-refractivity contribution in [3.63, 3.8) is 0 Å². The smallest absolute Gasteiger partial charge is 0.260 e. The summed E-state index contributed by atoms with van der Waals surface area (Å²) >= 11 is 0. The van der Waals surface area contributed by atoms with E-state index in [1.165, 1.54) is 0 Å². The first-order valence-corrected chi connectivity index (χ1v) is 11.4. The Morgan fingerprint density at radius 1 is 1.27 bits per heavy atom. The van der Waals surface area contributed by atoms with E-state index in [-0.39, 0.29) is 23.0 Å². The van der Waals surface area contributed by atoms with Crippen LogP contribution in [0.25, 0.3) is 0 Å². The molecule has 1 aromatic heterocycles. The van der Waals surface area contributed by atoms with Crippen molar-refractivity contribution >= 4 is 11.7 Å². The van der Waals surface area contributed by atoms with E-state index < -0.39 is 6.10 Å². The van der Waals surface area contributed by atoms with Gasteiger partial charge >= 0.3 is 0 Å². The van der Waals surface area contributed by atoms with Gasteiger partial charge in [0, 0.05) is 24.0 Å². The maximum Gasteiger partial charge on any atom is 0.260 e. The number of carbonyl (C=O) groups is 1. The molecule has 1 fully saturated rings. The second-order valence-corrected chi connectivity index (χ2v) is 9.91. The SMILES string of the molecule is CCC1(CC)C[C@@H](O)CN1C(=O)c1c(C)nn2c1N[C@@H](C1C=CC=CC1)CC2(C)C. The normalized spacial score (nSPS) is 29.0. The van der Waals surface area contributed by atoms with Gasteiger partial charge in [-0.25, -0.2) is 4.68 Å². The average Bonchev–Trinajstić information content (AvgIpc) is 3.25. The van der Waals surface area contributed by atoms with E-state index in [1.54, 1.807) is 0 Å². The molecular formula is C24H36N4O2. The molecule has 4 rings (SSSR count). The summed E-state index contributed by atoms with van der Waals surface area (Å²) in [6.07, 6.45) is 12.5. The minimum absolute atomic E-state index is 0.00275. The quantitative estimate of drug-likeness (QED) is 0.784. The topological polar surface area (TPSA) is 70.4 Å². The van der Waals surface area contributed by atoms with Crippen LogP contribution in [-0.2, 0) is 5.54 Å². The van der Waals surface area contributed by atoms with Crippen LogP contribution in [-0.4, -0.2) is 49.9 Å². The highest BCUT2D eigenvalue weighted by molar-refractivity contribution is 6.01. The van der Waals surface area contributed by atoms with Crippen LogP contribution < -0.4 is 5.32 Å². The third kappa shape index (κ3) is 3.29. The number of amides is 1. The first-order chi connectivity index (χ1) is 14.2. The van der Waals surface area contributed by atoms with Crippen LogP contribution in [0.15, 0.2) is 24.3 Å². The zero-order valence-corrected chi connectivity index (χ0v) is 19.0. The number of aliphatic hydroxyl groups excluding tert-OH is 1. The van der Waals surface area contributed by atoms with Gasteiger partial charge in [-0.2, -0.15) is 5.10 Å². The fraction of sp³-hybridized carbons (Fsp3) is 0.667.